The van der Waals surface area contributed by atoms with Gasteiger partial charge in [0.1, 0.15) is 4.88 Å². The number of fused-ring (bicyclic) bond motifs is 1. The predicted molar refractivity (Wildman–Crippen MR) is 105 cm³/mol. The molecule has 0 bridgehead atoms. The Bertz CT molecular complexity index is 992. The van der Waals surface area contributed by atoms with Crippen molar-refractivity contribution >= 4 is 54.8 Å². The summed E-state index contributed by atoms with van der Waals surface area (Å²) in [4.78, 5) is 23.2. The van der Waals surface area contributed by atoms with Gasteiger partial charge in [-0.05, 0) is 25.4 Å². The number of thiophene rings is 1. The van der Waals surface area contributed by atoms with Crippen LogP contribution < -0.4 is 4.90 Å². The number of aromatic nitrogens is 2. The predicted octanol–water partition coefficient (Wildman–Crippen LogP) is 2.46. The van der Waals surface area contributed by atoms with E-state index in [1.807, 2.05) is 11.8 Å². The van der Waals surface area contributed by atoms with Crippen molar-refractivity contribution < 1.29 is 22.7 Å². The molecule has 0 spiro atoms. The van der Waals surface area contributed by atoms with Crippen LogP contribution in [0.5, 0.6) is 0 Å². The molecular weight excluding hydrogens is 414 g/mol. The number of ether oxygens (including phenoxy) is 2. The molecule has 27 heavy (non-hydrogen) atoms. The number of anilines is 1. The number of halogens is 1. The highest BCUT2D eigenvalue weighted by Gasteiger charge is 2.33. The third kappa shape index (κ3) is 3.75. The molecule has 3 heterocycles. The second-order valence-electron chi connectivity index (χ2n) is 6.42. The maximum atomic E-state index is 12.4. The zero-order valence-corrected chi connectivity index (χ0v) is 17.7. The van der Waals surface area contributed by atoms with E-state index in [9.17, 15) is 13.2 Å². The quantitative estimate of drug-likeness (QED) is 0.535. The summed E-state index contributed by atoms with van der Waals surface area (Å²) in [6, 6.07) is 0.0485. The number of rotatable bonds is 4. The number of carbonyl (C=O) groups is 1. The van der Waals surface area contributed by atoms with Crippen LogP contribution in [0.3, 0.4) is 0 Å². The van der Waals surface area contributed by atoms with Crippen molar-refractivity contribution in [3.8, 4) is 0 Å². The summed E-state index contributed by atoms with van der Waals surface area (Å²) >= 11 is 7.29. The van der Waals surface area contributed by atoms with Gasteiger partial charge in [-0.25, -0.2) is 18.2 Å². The van der Waals surface area contributed by atoms with Crippen LogP contribution in [0.15, 0.2) is 0 Å². The summed E-state index contributed by atoms with van der Waals surface area (Å²) < 4.78 is 35.4. The van der Waals surface area contributed by atoms with E-state index in [0.29, 0.717) is 41.4 Å². The first-order valence-electron chi connectivity index (χ1n) is 8.26. The van der Waals surface area contributed by atoms with Gasteiger partial charge in [-0.3, -0.25) is 0 Å². The Hall–Kier alpha value is -1.49. The third-order valence-corrected chi connectivity index (χ3v) is 7.44. The fourth-order valence-electron chi connectivity index (χ4n) is 3.03. The molecule has 1 aliphatic rings. The molecular formula is C16H20ClN3O5S2. The van der Waals surface area contributed by atoms with Crippen molar-refractivity contribution in [2.24, 2.45) is 0 Å². The molecule has 1 unspecified atom stereocenters. The van der Waals surface area contributed by atoms with Crippen LogP contribution >= 0.6 is 22.9 Å². The average molecular weight is 434 g/mol. The molecule has 2 aromatic rings. The van der Waals surface area contributed by atoms with Crippen molar-refractivity contribution in [1.29, 1.82) is 0 Å². The summed E-state index contributed by atoms with van der Waals surface area (Å²) in [5.41, 5.74) is 0.669. The zero-order chi connectivity index (χ0) is 19.9. The Morgan fingerprint density at radius 1 is 1.44 bits per heavy atom. The van der Waals surface area contributed by atoms with E-state index in [2.05, 4.69) is 9.97 Å². The van der Waals surface area contributed by atoms with E-state index in [-0.39, 0.29) is 16.2 Å². The number of nitrogens with zero attached hydrogens (tertiary/aromatic N) is 3. The highest BCUT2D eigenvalue weighted by Crippen LogP contribution is 2.42. The summed E-state index contributed by atoms with van der Waals surface area (Å²) in [7, 11) is -2.23. The molecule has 1 saturated heterocycles. The molecule has 1 fully saturated rings. The second kappa shape index (κ2) is 7.50. The monoisotopic (exact) mass is 433 g/mol. The molecule has 1 aliphatic heterocycles. The molecule has 2 atom stereocenters. The van der Waals surface area contributed by atoms with Gasteiger partial charge < -0.3 is 14.4 Å². The average Bonchev–Trinajstić information content (AvgIpc) is 2.98. The first kappa shape index (κ1) is 20.2. The molecule has 0 aliphatic carbocycles. The van der Waals surface area contributed by atoms with E-state index in [4.69, 9.17) is 21.1 Å². The molecule has 0 amide bonds. The Balaban J connectivity index is 2.32. The van der Waals surface area contributed by atoms with Gasteiger partial charge in [0.2, 0.25) is 5.28 Å². The number of carbonyl (C=O) groups excluding carboxylic acids is 1. The van der Waals surface area contributed by atoms with E-state index < -0.39 is 21.1 Å². The minimum absolute atomic E-state index is 0.00708. The number of esters is 1. The Morgan fingerprint density at radius 3 is 2.74 bits per heavy atom. The van der Waals surface area contributed by atoms with E-state index in [0.717, 1.165) is 17.6 Å². The van der Waals surface area contributed by atoms with Gasteiger partial charge in [0.15, 0.2) is 15.7 Å². The lowest BCUT2D eigenvalue weighted by molar-refractivity contribution is 0.0605. The van der Waals surface area contributed by atoms with Gasteiger partial charge in [-0.15, -0.1) is 11.3 Å². The standard InChI is InChI=1S/C16H20ClN3O5S2/c1-8-7-25-6-5-20(8)14-13-11(18-16(17)19-14)10(9(2)27(4,22)23)12(26-13)15(21)24-3/h8-9H,5-7H2,1-4H3/t8-,9?/m1/s1. The van der Waals surface area contributed by atoms with Gasteiger partial charge in [-0.1, -0.05) is 0 Å². The maximum Gasteiger partial charge on any atom is 0.348 e. The van der Waals surface area contributed by atoms with Gasteiger partial charge >= 0.3 is 5.97 Å². The smallest absolute Gasteiger partial charge is 0.348 e. The highest BCUT2D eigenvalue weighted by molar-refractivity contribution is 7.90. The summed E-state index contributed by atoms with van der Waals surface area (Å²) in [5.74, 6) is -0.0384. The second-order valence-corrected chi connectivity index (χ2v) is 10.1. The van der Waals surface area contributed by atoms with E-state index in [1.165, 1.54) is 14.0 Å². The molecule has 0 saturated carbocycles. The van der Waals surface area contributed by atoms with Crippen LogP contribution in [0.1, 0.15) is 34.3 Å². The highest BCUT2D eigenvalue weighted by atomic mass is 35.5. The van der Waals surface area contributed by atoms with Crippen molar-refractivity contribution in [3.05, 3.63) is 15.7 Å². The molecule has 11 heteroatoms. The normalized spacial score (nSPS) is 19.3. The third-order valence-electron chi connectivity index (χ3n) is 4.58. The molecule has 0 aromatic carbocycles. The summed E-state index contributed by atoms with van der Waals surface area (Å²) in [6.45, 7) is 5.19. The minimum Gasteiger partial charge on any atom is -0.465 e. The first-order valence-corrected chi connectivity index (χ1v) is 11.4. The van der Waals surface area contributed by atoms with Crippen molar-refractivity contribution in [1.82, 2.24) is 9.97 Å². The van der Waals surface area contributed by atoms with Crippen LogP contribution in [0.4, 0.5) is 5.82 Å². The minimum atomic E-state index is -3.48. The summed E-state index contributed by atoms with van der Waals surface area (Å²) in [5, 5.41) is -0.950. The van der Waals surface area contributed by atoms with Crippen LogP contribution in [0, 0.1) is 0 Å². The van der Waals surface area contributed by atoms with Crippen molar-refractivity contribution in [2.45, 2.75) is 25.1 Å². The van der Waals surface area contributed by atoms with Crippen LogP contribution in [-0.2, 0) is 19.3 Å². The van der Waals surface area contributed by atoms with E-state index >= 15 is 0 Å². The van der Waals surface area contributed by atoms with Crippen LogP contribution in [0.25, 0.3) is 10.2 Å². The van der Waals surface area contributed by atoms with Crippen molar-refractivity contribution in [2.75, 3.05) is 38.0 Å². The topological polar surface area (TPSA) is 98.7 Å². The van der Waals surface area contributed by atoms with E-state index in [1.54, 1.807) is 0 Å². The molecule has 148 valence electrons. The lowest BCUT2D eigenvalue weighted by atomic mass is 10.1. The lowest BCUT2D eigenvalue weighted by Gasteiger charge is -2.34. The van der Waals surface area contributed by atoms with Crippen LogP contribution in [-0.4, -0.2) is 63.5 Å². The fourth-order valence-corrected chi connectivity index (χ4v) is 5.18. The summed E-state index contributed by atoms with van der Waals surface area (Å²) in [6.07, 6.45) is 1.12. The molecule has 2 aromatic heterocycles. The Labute approximate surface area is 166 Å². The zero-order valence-electron chi connectivity index (χ0n) is 15.4. The molecule has 3 rings (SSSR count). The Kier molecular flexibility index (Phi) is 5.62. The number of morpholine rings is 1. The van der Waals surface area contributed by atoms with Gasteiger partial charge in [0.25, 0.3) is 0 Å². The first-order chi connectivity index (χ1) is 12.6. The molecule has 0 N–H and O–H groups in total. The van der Waals surface area contributed by atoms with Gasteiger partial charge in [0, 0.05) is 18.4 Å². The molecule has 0 radical (unpaired) electrons. The molecule has 8 nitrogen and oxygen atoms in total. The number of hydrogen-bond donors (Lipinski definition) is 0. The fraction of sp³-hybridized carbons (Fsp3) is 0.562. The number of hydrogen-bond acceptors (Lipinski definition) is 9. The SMILES string of the molecule is COC(=O)c1sc2c(N3CCOC[C@H]3C)nc(Cl)nc2c1C(C)S(C)(=O)=O. The van der Waals surface area contributed by atoms with Crippen molar-refractivity contribution in [3.63, 3.8) is 0 Å². The number of sulfone groups is 1. The van der Waals surface area contributed by atoms with Gasteiger partial charge in [0.05, 0.1) is 41.8 Å². The number of methoxy groups -OCH3 is 1. The van der Waals surface area contributed by atoms with Crippen LogP contribution in [0.2, 0.25) is 5.28 Å². The lowest BCUT2D eigenvalue weighted by Crippen LogP contribution is -2.44. The van der Waals surface area contributed by atoms with Gasteiger partial charge in [-0.2, -0.15) is 4.98 Å². The largest absolute Gasteiger partial charge is 0.465 e. The Morgan fingerprint density at radius 2 is 2.15 bits per heavy atom. The maximum absolute atomic E-state index is 12.4.